The van der Waals surface area contributed by atoms with E-state index in [0.717, 1.165) is 40.0 Å². The van der Waals surface area contributed by atoms with Crippen LogP contribution in [0.25, 0.3) is 11.1 Å². The number of nitrogens with zero attached hydrogens (tertiary/aromatic N) is 1. The summed E-state index contributed by atoms with van der Waals surface area (Å²) in [4.78, 5) is 4.09. The summed E-state index contributed by atoms with van der Waals surface area (Å²) in [6.07, 6.45) is 3.93. The van der Waals surface area contributed by atoms with E-state index in [1.807, 2.05) is 43.3 Å². The normalized spacial score (nSPS) is 12.7. The smallest absolute Gasteiger partial charge is 0.177 e. The van der Waals surface area contributed by atoms with Crippen molar-refractivity contribution < 1.29 is 32.5 Å². The quantitative estimate of drug-likeness (QED) is 0.275. The van der Waals surface area contributed by atoms with Gasteiger partial charge in [-0.1, -0.05) is 35.9 Å². The third-order valence-electron chi connectivity index (χ3n) is 6.56. The molecular formula is C30H28ClNO7S. The third-order valence-corrected chi connectivity index (χ3v) is 7.93. The number of aliphatic hydroxyl groups is 1. The first-order valence-electron chi connectivity index (χ1n) is 12.5. The topological polar surface area (TPSA) is 104 Å². The average Bonchev–Trinajstić information content (AvgIpc) is 2.95. The molecule has 2 heterocycles. The van der Waals surface area contributed by atoms with Crippen molar-refractivity contribution >= 4 is 21.4 Å². The highest BCUT2D eigenvalue weighted by Gasteiger charge is 2.16. The van der Waals surface area contributed by atoms with E-state index >= 15 is 0 Å². The van der Waals surface area contributed by atoms with Crippen molar-refractivity contribution in [2.45, 2.75) is 31.6 Å². The number of hydrogen-bond acceptors (Lipinski definition) is 8. The summed E-state index contributed by atoms with van der Waals surface area (Å²) in [6, 6.07) is 16.7. The van der Waals surface area contributed by atoms with Crippen LogP contribution >= 0.6 is 11.6 Å². The maximum Gasteiger partial charge on any atom is 0.177 e. The largest absolute Gasteiger partial charge is 0.488 e. The Hall–Kier alpha value is -3.79. The molecule has 0 saturated carbocycles. The first-order valence-corrected chi connectivity index (χ1v) is 14.8. The summed E-state index contributed by atoms with van der Waals surface area (Å²) < 4.78 is 47.1. The molecule has 5 rings (SSSR count). The molecule has 0 radical (unpaired) electrons. The molecule has 3 aromatic carbocycles. The number of ether oxygens (including phenoxy) is 4. The minimum absolute atomic E-state index is 0.0428. The van der Waals surface area contributed by atoms with E-state index in [4.69, 9.17) is 30.5 Å². The molecule has 0 unspecified atom stereocenters. The number of sulfone groups is 1. The molecule has 10 heteroatoms. The maximum atomic E-state index is 11.9. The molecule has 8 nitrogen and oxygen atoms in total. The van der Waals surface area contributed by atoms with Gasteiger partial charge in [0.15, 0.2) is 21.3 Å². The Labute approximate surface area is 238 Å². The molecule has 1 N–H and O–H groups in total. The van der Waals surface area contributed by atoms with Gasteiger partial charge in [-0.15, -0.1) is 0 Å². The zero-order chi connectivity index (χ0) is 28.3. The maximum absolute atomic E-state index is 11.9. The summed E-state index contributed by atoms with van der Waals surface area (Å²) in [7, 11) is -3.40. The van der Waals surface area contributed by atoms with Crippen molar-refractivity contribution in [1.82, 2.24) is 4.98 Å². The van der Waals surface area contributed by atoms with Crippen LogP contribution in [0.15, 0.2) is 71.9 Å². The second-order valence-corrected chi connectivity index (χ2v) is 11.8. The molecule has 1 aliphatic heterocycles. The van der Waals surface area contributed by atoms with Crippen molar-refractivity contribution in [3.05, 3.63) is 94.3 Å². The molecule has 0 atom stereocenters. The second-order valence-electron chi connectivity index (χ2n) is 9.38. The van der Waals surface area contributed by atoms with Crippen LogP contribution in [0.4, 0.5) is 0 Å². The lowest BCUT2D eigenvalue weighted by Crippen LogP contribution is -2.15. The van der Waals surface area contributed by atoms with Gasteiger partial charge in [-0.3, -0.25) is 4.98 Å². The van der Waals surface area contributed by atoms with Crippen LogP contribution in [0.2, 0.25) is 5.02 Å². The lowest BCUT2D eigenvalue weighted by atomic mass is 9.96. The first-order chi connectivity index (χ1) is 19.2. The van der Waals surface area contributed by atoms with Gasteiger partial charge in [-0.2, -0.15) is 0 Å². The molecule has 4 aromatic rings. The number of halogens is 1. The SMILES string of the molecule is Cc1c(COc2cc(OCc3cncc(S(C)(=O)=O)c3)c(CO)cc2Cl)cccc1-c1ccc2c(c1)OCCO2. The Kier molecular flexibility index (Phi) is 8.16. The summed E-state index contributed by atoms with van der Waals surface area (Å²) in [5, 5.41) is 10.2. The fraction of sp³-hybridized carbons (Fsp3) is 0.233. The number of hydrogen-bond donors (Lipinski definition) is 1. The van der Waals surface area contributed by atoms with Gasteiger partial charge < -0.3 is 24.1 Å². The highest BCUT2D eigenvalue weighted by atomic mass is 35.5. The van der Waals surface area contributed by atoms with E-state index in [-0.39, 0.29) is 24.7 Å². The lowest BCUT2D eigenvalue weighted by molar-refractivity contribution is 0.171. The minimum Gasteiger partial charge on any atom is -0.488 e. The number of rotatable bonds is 9. The molecule has 0 fully saturated rings. The zero-order valence-corrected chi connectivity index (χ0v) is 23.6. The molecule has 0 aliphatic carbocycles. The van der Waals surface area contributed by atoms with Gasteiger partial charge in [0, 0.05) is 35.8 Å². The Bertz CT molecular complexity index is 1660. The summed E-state index contributed by atoms with van der Waals surface area (Å²) in [5.74, 6) is 2.23. The van der Waals surface area contributed by atoms with E-state index in [0.29, 0.717) is 40.9 Å². The van der Waals surface area contributed by atoms with Crippen molar-refractivity contribution in [3.63, 3.8) is 0 Å². The average molecular weight is 582 g/mol. The van der Waals surface area contributed by atoms with Gasteiger partial charge in [0.2, 0.25) is 0 Å². The number of aromatic nitrogens is 1. The minimum atomic E-state index is -3.40. The molecular weight excluding hydrogens is 554 g/mol. The van der Waals surface area contributed by atoms with Crippen LogP contribution in [0.3, 0.4) is 0 Å². The van der Waals surface area contributed by atoms with E-state index in [2.05, 4.69) is 4.98 Å². The molecule has 208 valence electrons. The van der Waals surface area contributed by atoms with E-state index < -0.39 is 9.84 Å². The van der Waals surface area contributed by atoms with E-state index in [1.165, 1.54) is 18.5 Å². The Morgan fingerprint density at radius 1 is 0.925 bits per heavy atom. The van der Waals surface area contributed by atoms with E-state index in [9.17, 15) is 13.5 Å². The van der Waals surface area contributed by atoms with Gasteiger partial charge in [-0.05, 0) is 53.4 Å². The van der Waals surface area contributed by atoms with Crippen molar-refractivity contribution in [2.24, 2.45) is 0 Å². The highest BCUT2D eigenvalue weighted by Crippen LogP contribution is 2.37. The molecule has 0 saturated heterocycles. The second kappa shape index (κ2) is 11.8. The number of pyridine rings is 1. The van der Waals surface area contributed by atoms with Crippen molar-refractivity contribution in [1.29, 1.82) is 0 Å². The number of fused-ring (bicyclic) bond motifs is 1. The van der Waals surface area contributed by atoms with Crippen molar-refractivity contribution in [3.8, 4) is 34.1 Å². The molecule has 0 bridgehead atoms. The molecule has 1 aromatic heterocycles. The fourth-order valence-electron chi connectivity index (χ4n) is 4.37. The Morgan fingerprint density at radius 3 is 2.48 bits per heavy atom. The molecule has 40 heavy (non-hydrogen) atoms. The first kappa shape index (κ1) is 27.8. The predicted molar refractivity (Wildman–Crippen MR) is 151 cm³/mol. The van der Waals surface area contributed by atoms with Crippen LogP contribution < -0.4 is 18.9 Å². The van der Waals surface area contributed by atoms with Gasteiger partial charge in [0.05, 0.1) is 16.5 Å². The third kappa shape index (κ3) is 6.17. The molecule has 1 aliphatic rings. The predicted octanol–water partition coefficient (Wildman–Crippen LogP) is 5.54. The van der Waals surface area contributed by atoms with Crippen LogP contribution in [0, 0.1) is 6.92 Å². The Balaban J connectivity index is 1.34. The standard InChI is InChI=1S/C30H28ClNO7S/c1-19-22(4-3-5-25(19)21-6-7-27-30(12-21)37-9-8-36-27)18-39-29-13-28(23(16-33)11-26(29)31)38-17-20-10-24(15-32-14-20)40(2,34)35/h3-7,10-15,33H,8-9,16-18H2,1-2H3. The summed E-state index contributed by atoms with van der Waals surface area (Å²) in [5.41, 5.74) is 5.13. The summed E-state index contributed by atoms with van der Waals surface area (Å²) in [6.45, 7) is 3.10. The molecule has 0 spiro atoms. The number of benzene rings is 3. The number of aliphatic hydroxyl groups excluding tert-OH is 1. The monoisotopic (exact) mass is 581 g/mol. The van der Waals surface area contributed by atoms with Gasteiger partial charge in [0.25, 0.3) is 0 Å². The Morgan fingerprint density at radius 2 is 1.70 bits per heavy atom. The lowest BCUT2D eigenvalue weighted by Gasteiger charge is -2.20. The van der Waals surface area contributed by atoms with Crippen LogP contribution in [0.1, 0.15) is 22.3 Å². The summed E-state index contributed by atoms with van der Waals surface area (Å²) >= 11 is 6.47. The van der Waals surface area contributed by atoms with Gasteiger partial charge in [-0.25, -0.2) is 8.42 Å². The van der Waals surface area contributed by atoms with E-state index in [1.54, 1.807) is 12.1 Å². The van der Waals surface area contributed by atoms with Crippen LogP contribution in [-0.4, -0.2) is 38.0 Å². The van der Waals surface area contributed by atoms with Gasteiger partial charge in [0.1, 0.15) is 37.9 Å². The fourth-order valence-corrected chi connectivity index (χ4v) is 5.23. The van der Waals surface area contributed by atoms with Crippen LogP contribution in [0.5, 0.6) is 23.0 Å². The van der Waals surface area contributed by atoms with Crippen LogP contribution in [-0.2, 0) is 29.7 Å². The van der Waals surface area contributed by atoms with Crippen molar-refractivity contribution in [2.75, 3.05) is 19.5 Å². The molecule has 0 amide bonds. The van der Waals surface area contributed by atoms with Gasteiger partial charge >= 0.3 is 0 Å². The highest BCUT2D eigenvalue weighted by molar-refractivity contribution is 7.90. The zero-order valence-electron chi connectivity index (χ0n) is 22.0.